The standard InChI is InChI=1S/C39H25N5/c1-3-9-26(10-4-1)28-13-7-15-30(19-28)39(31-16-8-14-29(20-31)27-11-5-2-6-12-27)34-23-41-22-33-32-21-40-18-17-36(32)44(37(33)34)38-35(39)24-42-25-43-38/h1-25H. The molecule has 206 valence electrons. The van der Waals surface area contributed by atoms with Crippen LogP contribution in [0.1, 0.15) is 22.3 Å². The normalized spacial score (nSPS) is 13.2. The number of benzene rings is 4. The summed E-state index contributed by atoms with van der Waals surface area (Å²) in [5, 5.41) is 2.10. The molecule has 5 nitrogen and oxygen atoms in total. The molecule has 0 saturated heterocycles. The lowest BCUT2D eigenvalue weighted by Crippen LogP contribution is -2.36. The third kappa shape index (κ3) is 3.41. The van der Waals surface area contributed by atoms with E-state index in [0.29, 0.717) is 0 Å². The zero-order valence-corrected chi connectivity index (χ0v) is 23.7. The molecule has 5 heterocycles. The quantitative estimate of drug-likeness (QED) is 0.216. The summed E-state index contributed by atoms with van der Waals surface area (Å²) < 4.78 is 2.26. The van der Waals surface area contributed by atoms with Gasteiger partial charge >= 0.3 is 0 Å². The summed E-state index contributed by atoms with van der Waals surface area (Å²) >= 11 is 0. The highest BCUT2D eigenvalue weighted by molar-refractivity contribution is 6.11. The molecule has 1 aliphatic rings. The Morgan fingerprint density at radius 1 is 0.500 bits per heavy atom. The van der Waals surface area contributed by atoms with Gasteiger partial charge in [0.2, 0.25) is 0 Å². The van der Waals surface area contributed by atoms with E-state index in [9.17, 15) is 0 Å². The first-order chi connectivity index (χ1) is 21.8. The van der Waals surface area contributed by atoms with Gasteiger partial charge in [0.05, 0.1) is 16.4 Å². The molecule has 0 unspecified atom stereocenters. The molecule has 1 aliphatic heterocycles. The minimum absolute atomic E-state index is 0.753. The molecule has 0 aliphatic carbocycles. The molecule has 0 amide bonds. The highest BCUT2D eigenvalue weighted by Crippen LogP contribution is 2.53. The number of hydrogen-bond donors (Lipinski definition) is 0. The van der Waals surface area contributed by atoms with Gasteiger partial charge < -0.3 is 0 Å². The Balaban J connectivity index is 1.46. The van der Waals surface area contributed by atoms with Crippen LogP contribution < -0.4 is 0 Å². The van der Waals surface area contributed by atoms with Gasteiger partial charge in [-0.2, -0.15) is 0 Å². The third-order valence-corrected chi connectivity index (χ3v) is 8.99. The molecule has 0 radical (unpaired) electrons. The molecule has 5 heteroatoms. The van der Waals surface area contributed by atoms with Crippen molar-refractivity contribution in [3.63, 3.8) is 0 Å². The Labute approximate surface area is 254 Å². The summed E-state index contributed by atoms with van der Waals surface area (Å²) in [5.74, 6) is 0.861. The van der Waals surface area contributed by atoms with Crippen LogP contribution >= 0.6 is 0 Å². The Kier molecular flexibility index (Phi) is 5.34. The van der Waals surface area contributed by atoms with E-state index >= 15 is 0 Å². The summed E-state index contributed by atoms with van der Waals surface area (Å²) in [6.07, 6.45) is 11.4. The summed E-state index contributed by atoms with van der Waals surface area (Å²) in [4.78, 5) is 19.0. The van der Waals surface area contributed by atoms with Crippen LogP contribution in [0.2, 0.25) is 0 Å². The number of rotatable bonds is 4. The maximum atomic E-state index is 4.98. The van der Waals surface area contributed by atoms with Gasteiger partial charge in [0.1, 0.15) is 12.1 Å². The van der Waals surface area contributed by atoms with Crippen LogP contribution in [-0.4, -0.2) is 24.5 Å². The molecule has 9 rings (SSSR count). The highest BCUT2D eigenvalue weighted by atomic mass is 15.1. The van der Waals surface area contributed by atoms with Crippen LogP contribution in [0.5, 0.6) is 0 Å². The molecule has 0 atom stereocenters. The first-order valence-corrected chi connectivity index (χ1v) is 14.7. The zero-order chi connectivity index (χ0) is 29.1. The Morgan fingerprint density at radius 2 is 1.11 bits per heavy atom. The number of hydrogen-bond acceptors (Lipinski definition) is 4. The lowest BCUT2D eigenvalue weighted by Gasteiger charge is -2.40. The van der Waals surface area contributed by atoms with Crippen LogP contribution in [0.25, 0.3) is 49.9 Å². The Bertz CT molecular complexity index is 2260. The van der Waals surface area contributed by atoms with Gasteiger partial charge in [0.25, 0.3) is 0 Å². The number of nitrogens with zero attached hydrogens (tertiary/aromatic N) is 5. The average molecular weight is 564 g/mol. The molecular formula is C39H25N5. The van der Waals surface area contributed by atoms with E-state index in [1.165, 1.54) is 11.1 Å². The second kappa shape index (κ2) is 9.54. The molecule has 0 saturated carbocycles. The van der Waals surface area contributed by atoms with Gasteiger partial charge in [-0.1, -0.05) is 97.1 Å². The van der Waals surface area contributed by atoms with E-state index in [4.69, 9.17) is 9.97 Å². The fourth-order valence-corrected chi connectivity index (χ4v) is 7.12. The van der Waals surface area contributed by atoms with Crippen molar-refractivity contribution in [1.29, 1.82) is 0 Å². The molecule has 0 bridgehead atoms. The SMILES string of the molecule is c1ccc(-c2cccc(C3(c4cccc(-c5ccccc5)c4)c4cncnc4-n4c5ccncc5c5cncc3c54)c2)cc1. The van der Waals surface area contributed by atoms with Crippen LogP contribution in [0.15, 0.2) is 153 Å². The van der Waals surface area contributed by atoms with E-state index in [1.54, 1.807) is 6.33 Å². The molecule has 0 N–H and O–H groups in total. The lowest BCUT2D eigenvalue weighted by molar-refractivity contribution is 0.707. The monoisotopic (exact) mass is 563 g/mol. The minimum atomic E-state index is -0.753. The third-order valence-electron chi connectivity index (χ3n) is 8.99. The van der Waals surface area contributed by atoms with Gasteiger partial charge in [-0.25, -0.2) is 9.97 Å². The summed E-state index contributed by atoms with van der Waals surface area (Å²) in [6, 6.07) is 40.9. The van der Waals surface area contributed by atoms with Crippen molar-refractivity contribution in [2.75, 3.05) is 0 Å². The van der Waals surface area contributed by atoms with Crippen molar-refractivity contribution in [3.8, 4) is 28.1 Å². The average Bonchev–Trinajstić information content (AvgIpc) is 3.45. The molecule has 8 aromatic rings. The fourth-order valence-electron chi connectivity index (χ4n) is 7.12. The molecule has 0 spiro atoms. The summed E-state index contributed by atoms with van der Waals surface area (Å²) in [5.41, 5.74) is 10.4. The van der Waals surface area contributed by atoms with Crippen molar-refractivity contribution in [2.45, 2.75) is 5.41 Å². The minimum Gasteiger partial charge on any atom is -0.293 e. The van der Waals surface area contributed by atoms with Gasteiger partial charge in [0.15, 0.2) is 0 Å². The largest absolute Gasteiger partial charge is 0.293 e. The van der Waals surface area contributed by atoms with E-state index in [0.717, 1.165) is 61.0 Å². The highest BCUT2D eigenvalue weighted by Gasteiger charge is 2.47. The molecule has 4 aromatic heterocycles. The van der Waals surface area contributed by atoms with Crippen molar-refractivity contribution in [2.24, 2.45) is 0 Å². The van der Waals surface area contributed by atoms with Crippen molar-refractivity contribution in [1.82, 2.24) is 24.5 Å². The van der Waals surface area contributed by atoms with Crippen molar-refractivity contribution < 1.29 is 0 Å². The Morgan fingerprint density at radius 3 is 1.80 bits per heavy atom. The summed E-state index contributed by atoms with van der Waals surface area (Å²) in [6.45, 7) is 0. The van der Waals surface area contributed by atoms with E-state index in [2.05, 4.69) is 130 Å². The summed E-state index contributed by atoms with van der Waals surface area (Å²) in [7, 11) is 0. The van der Waals surface area contributed by atoms with E-state index < -0.39 is 5.41 Å². The molecular weight excluding hydrogens is 538 g/mol. The van der Waals surface area contributed by atoms with E-state index in [1.807, 2.05) is 31.0 Å². The Hall–Kier alpha value is -5.94. The fraction of sp³-hybridized carbons (Fsp3) is 0.0256. The maximum absolute atomic E-state index is 4.98. The second-order valence-electron chi connectivity index (χ2n) is 11.2. The second-order valence-corrected chi connectivity index (χ2v) is 11.2. The van der Waals surface area contributed by atoms with Crippen molar-refractivity contribution in [3.05, 3.63) is 175 Å². The van der Waals surface area contributed by atoms with Crippen LogP contribution in [0.3, 0.4) is 0 Å². The lowest BCUT2D eigenvalue weighted by atomic mass is 9.64. The number of aromatic nitrogens is 5. The van der Waals surface area contributed by atoms with Crippen molar-refractivity contribution >= 4 is 21.8 Å². The maximum Gasteiger partial charge on any atom is 0.145 e. The smallest absolute Gasteiger partial charge is 0.145 e. The van der Waals surface area contributed by atoms with Gasteiger partial charge in [-0.15, -0.1) is 0 Å². The molecule has 4 aromatic carbocycles. The first kappa shape index (κ1) is 24.6. The number of pyridine rings is 2. The van der Waals surface area contributed by atoms with Crippen LogP contribution in [0.4, 0.5) is 0 Å². The zero-order valence-electron chi connectivity index (χ0n) is 23.7. The topological polar surface area (TPSA) is 56.5 Å². The van der Waals surface area contributed by atoms with Gasteiger partial charge in [-0.05, 0) is 51.6 Å². The molecule has 0 fully saturated rings. The predicted octanol–water partition coefficient (Wildman–Crippen LogP) is 8.39. The van der Waals surface area contributed by atoms with Gasteiger partial charge in [-0.3, -0.25) is 14.5 Å². The van der Waals surface area contributed by atoms with Crippen LogP contribution in [0, 0.1) is 0 Å². The van der Waals surface area contributed by atoms with Crippen LogP contribution in [-0.2, 0) is 5.41 Å². The van der Waals surface area contributed by atoms with Gasteiger partial charge in [0, 0.05) is 52.9 Å². The van der Waals surface area contributed by atoms with E-state index in [-0.39, 0.29) is 0 Å². The predicted molar refractivity (Wildman–Crippen MR) is 175 cm³/mol. The number of fused-ring (bicyclic) bond motifs is 5. The first-order valence-electron chi connectivity index (χ1n) is 14.7. The molecule has 44 heavy (non-hydrogen) atoms.